The molecule has 12 heavy (non-hydrogen) atoms. The predicted molar refractivity (Wildman–Crippen MR) is 45.7 cm³/mol. The Labute approximate surface area is 73.1 Å². The van der Waals surface area contributed by atoms with Gasteiger partial charge in [-0.15, -0.1) is 0 Å². The zero-order valence-corrected chi connectivity index (χ0v) is 7.71. The van der Waals surface area contributed by atoms with E-state index in [0.29, 0.717) is 18.9 Å². The van der Waals surface area contributed by atoms with Crippen molar-refractivity contribution in [3.8, 4) is 0 Å². The number of hydrogen-bond acceptors (Lipinski definition) is 3. The van der Waals surface area contributed by atoms with E-state index in [1.807, 2.05) is 6.92 Å². The second-order valence-corrected chi connectivity index (χ2v) is 2.99. The van der Waals surface area contributed by atoms with Crippen LogP contribution in [0.15, 0.2) is 0 Å². The van der Waals surface area contributed by atoms with Crippen LogP contribution in [0, 0.1) is 5.92 Å². The normalized spacial score (nSPS) is 12.2. The van der Waals surface area contributed by atoms with Gasteiger partial charge in [-0.1, -0.05) is 6.92 Å². The van der Waals surface area contributed by atoms with Crippen LogP contribution in [0.4, 0.5) is 0 Å². The summed E-state index contributed by atoms with van der Waals surface area (Å²) in [6.45, 7) is 3.88. The van der Waals surface area contributed by atoms with Crippen LogP contribution in [0.5, 0.6) is 0 Å². The fraction of sp³-hybridized carbons (Fsp3) is 0.778. The molecule has 0 aliphatic carbocycles. The second-order valence-electron chi connectivity index (χ2n) is 2.99. The van der Waals surface area contributed by atoms with Gasteiger partial charge in [0.25, 0.3) is 0 Å². The van der Waals surface area contributed by atoms with E-state index in [2.05, 4.69) is 0 Å². The standard InChI is InChI=1S/C9H16O3/c1-8(5-6-10)4-3-7-12-9(2)11/h6,8H,3-5,7H2,1-2H3. The number of aldehydes is 1. The smallest absolute Gasteiger partial charge is 0.302 e. The van der Waals surface area contributed by atoms with Crippen molar-refractivity contribution in [2.75, 3.05) is 6.61 Å². The number of carbonyl (C=O) groups is 2. The highest BCUT2D eigenvalue weighted by Crippen LogP contribution is 2.07. The van der Waals surface area contributed by atoms with Gasteiger partial charge < -0.3 is 9.53 Å². The maximum absolute atomic E-state index is 10.3. The Morgan fingerprint density at radius 1 is 1.58 bits per heavy atom. The Hall–Kier alpha value is -0.860. The van der Waals surface area contributed by atoms with Crippen molar-refractivity contribution in [1.82, 2.24) is 0 Å². The minimum Gasteiger partial charge on any atom is -0.466 e. The monoisotopic (exact) mass is 172 g/mol. The first-order valence-corrected chi connectivity index (χ1v) is 4.23. The van der Waals surface area contributed by atoms with Crippen LogP contribution in [0.2, 0.25) is 0 Å². The summed E-state index contributed by atoms with van der Waals surface area (Å²) in [6.07, 6.45) is 3.30. The molecule has 0 saturated heterocycles. The Balaban J connectivity index is 3.18. The van der Waals surface area contributed by atoms with Crippen molar-refractivity contribution in [1.29, 1.82) is 0 Å². The van der Waals surface area contributed by atoms with E-state index in [1.54, 1.807) is 0 Å². The molecule has 0 aromatic carbocycles. The largest absolute Gasteiger partial charge is 0.466 e. The molecule has 3 heteroatoms. The summed E-state index contributed by atoms with van der Waals surface area (Å²) in [7, 11) is 0. The molecule has 0 bridgehead atoms. The Kier molecular flexibility index (Phi) is 6.34. The van der Waals surface area contributed by atoms with E-state index >= 15 is 0 Å². The second kappa shape index (κ2) is 6.83. The van der Waals surface area contributed by atoms with Gasteiger partial charge in [-0.2, -0.15) is 0 Å². The molecule has 0 aromatic heterocycles. The van der Waals surface area contributed by atoms with Gasteiger partial charge in [0, 0.05) is 13.3 Å². The molecule has 0 amide bonds. The van der Waals surface area contributed by atoms with Gasteiger partial charge >= 0.3 is 5.97 Å². The third-order valence-corrected chi connectivity index (χ3v) is 1.65. The summed E-state index contributed by atoms with van der Waals surface area (Å²) >= 11 is 0. The molecule has 0 aliphatic heterocycles. The fourth-order valence-electron chi connectivity index (χ4n) is 0.930. The van der Waals surface area contributed by atoms with Crippen molar-refractivity contribution >= 4 is 12.3 Å². The summed E-state index contributed by atoms with van der Waals surface area (Å²) in [5.74, 6) is 0.163. The quantitative estimate of drug-likeness (QED) is 0.347. The first-order valence-electron chi connectivity index (χ1n) is 4.23. The van der Waals surface area contributed by atoms with E-state index in [4.69, 9.17) is 4.74 Å². The molecule has 1 unspecified atom stereocenters. The lowest BCUT2D eigenvalue weighted by Crippen LogP contribution is -2.03. The van der Waals surface area contributed by atoms with Gasteiger partial charge in [-0.25, -0.2) is 0 Å². The van der Waals surface area contributed by atoms with Crippen molar-refractivity contribution in [2.24, 2.45) is 5.92 Å². The van der Waals surface area contributed by atoms with E-state index in [-0.39, 0.29) is 5.97 Å². The maximum Gasteiger partial charge on any atom is 0.302 e. The number of carbonyl (C=O) groups excluding carboxylic acids is 2. The molecular formula is C9H16O3. The van der Waals surface area contributed by atoms with Gasteiger partial charge in [0.1, 0.15) is 6.29 Å². The minimum absolute atomic E-state index is 0.238. The van der Waals surface area contributed by atoms with Crippen molar-refractivity contribution in [3.63, 3.8) is 0 Å². The SMILES string of the molecule is CC(=O)OCCCC(C)CC=O. The molecule has 0 heterocycles. The average Bonchev–Trinajstić information content (AvgIpc) is 1.98. The van der Waals surface area contributed by atoms with Crippen molar-refractivity contribution < 1.29 is 14.3 Å². The van der Waals surface area contributed by atoms with E-state index in [9.17, 15) is 9.59 Å². The summed E-state index contributed by atoms with van der Waals surface area (Å²) in [4.78, 5) is 20.4. The molecule has 0 rings (SSSR count). The number of ether oxygens (including phenoxy) is 1. The summed E-state index contributed by atoms with van der Waals surface area (Å²) < 4.78 is 4.74. The van der Waals surface area contributed by atoms with E-state index in [0.717, 1.165) is 19.1 Å². The minimum atomic E-state index is -0.238. The highest BCUT2D eigenvalue weighted by atomic mass is 16.5. The lowest BCUT2D eigenvalue weighted by atomic mass is 10.0. The molecule has 0 radical (unpaired) electrons. The van der Waals surface area contributed by atoms with Crippen LogP contribution in [0.25, 0.3) is 0 Å². The summed E-state index contributed by atoms with van der Waals surface area (Å²) in [5.41, 5.74) is 0. The van der Waals surface area contributed by atoms with Crippen LogP contribution < -0.4 is 0 Å². The zero-order valence-electron chi connectivity index (χ0n) is 7.71. The number of hydrogen-bond donors (Lipinski definition) is 0. The van der Waals surface area contributed by atoms with Gasteiger partial charge in [-0.05, 0) is 18.8 Å². The Morgan fingerprint density at radius 2 is 2.25 bits per heavy atom. The summed E-state index contributed by atoms with van der Waals surface area (Å²) in [5, 5.41) is 0. The number of esters is 1. The molecule has 70 valence electrons. The topological polar surface area (TPSA) is 43.4 Å². The number of rotatable bonds is 6. The van der Waals surface area contributed by atoms with Crippen LogP contribution >= 0.6 is 0 Å². The summed E-state index contributed by atoms with van der Waals surface area (Å²) in [6, 6.07) is 0. The third-order valence-electron chi connectivity index (χ3n) is 1.65. The lowest BCUT2D eigenvalue weighted by molar-refractivity contribution is -0.141. The predicted octanol–water partition coefficient (Wildman–Crippen LogP) is 1.55. The van der Waals surface area contributed by atoms with Crippen LogP contribution in [-0.4, -0.2) is 18.9 Å². The molecule has 0 saturated carbocycles. The molecular weight excluding hydrogens is 156 g/mol. The van der Waals surface area contributed by atoms with Crippen LogP contribution in [0.1, 0.15) is 33.1 Å². The molecule has 0 N–H and O–H groups in total. The Bertz CT molecular complexity index is 143. The fourth-order valence-corrected chi connectivity index (χ4v) is 0.930. The molecule has 0 aliphatic rings. The molecule has 0 spiro atoms. The molecule has 1 atom stereocenters. The highest BCUT2D eigenvalue weighted by Gasteiger charge is 2.00. The van der Waals surface area contributed by atoms with E-state index in [1.165, 1.54) is 6.92 Å². The first-order chi connectivity index (χ1) is 5.66. The van der Waals surface area contributed by atoms with Gasteiger partial charge in [0.05, 0.1) is 6.61 Å². The lowest BCUT2D eigenvalue weighted by Gasteiger charge is -2.06. The average molecular weight is 172 g/mol. The highest BCUT2D eigenvalue weighted by molar-refractivity contribution is 5.65. The van der Waals surface area contributed by atoms with Crippen molar-refractivity contribution in [2.45, 2.75) is 33.1 Å². The van der Waals surface area contributed by atoms with Crippen molar-refractivity contribution in [3.05, 3.63) is 0 Å². The molecule has 3 nitrogen and oxygen atoms in total. The van der Waals surface area contributed by atoms with Gasteiger partial charge in [0.15, 0.2) is 0 Å². The van der Waals surface area contributed by atoms with Crippen LogP contribution in [0.3, 0.4) is 0 Å². The van der Waals surface area contributed by atoms with Gasteiger partial charge in [-0.3, -0.25) is 4.79 Å². The zero-order chi connectivity index (χ0) is 9.40. The van der Waals surface area contributed by atoms with Crippen LogP contribution in [-0.2, 0) is 14.3 Å². The molecule has 0 fully saturated rings. The third kappa shape index (κ3) is 7.25. The maximum atomic E-state index is 10.3. The first kappa shape index (κ1) is 11.1. The van der Waals surface area contributed by atoms with E-state index < -0.39 is 0 Å². The Morgan fingerprint density at radius 3 is 2.75 bits per heavy atom. The molecule has 0 aromatic rings. The van der Waals surface area contributed by atoms with Gasteiger partial charge in [0.2, 0.25) is 0 Å².